The van der Waals surface area contributed by atoms with Crippen LogP contribution in [0.1, 0.15) is 31.8 Å². The SMILES string of the molecule is O=C(OCc1cccc(F)c1)c1ccccc1C(=O)c1ccccc1. The Morgan fingerprint density at radius 3 is 2.20 bits per heavy atom. The molecular formula is C21H15FO3. The quantitative estimate of drug-likeness (QED) is 0.513. The van der Waals surface area contributed by atoms with E-state index in [0.717, 1.165) is 0 Å². The molecule has 3 nitrogen and oxygen atoms in total. The van der Waals surface area contributed by atoms with Gasteiger partial charge in [-0.15, -0.1) is 0 Å². The van der Waals surface area contributed by atoms with Crippen molar-refractivity contribution < 1.29 is 18.7 Å². The molecule has 0 radical (unpaired) electrons. The second-order valence-electron chi connectivity index (χ2n) is 5.45. The fourth-order valence-corrected chi connectivity index (χ4v) is 2.46. The molecule has 0 N–H and O–H groups in total. The largest absolute Gasteiger partial charge is 0.457 e. The molecule has 124 valence electrons. The number of esters is 1. The molecule has 0 aromatic heterocycles. The number of hydrogen-bond acceptors (Lipinski definition) is 3. The number of halogens is 1. The molecule has 4 heteroatoms. The first-order valence-electron chi connectivity index (χ1n) is 7.75. The number of carbonyl (C=O) groups excluding carboxylic acids is 2. The van der Waals surface area contributed by atoms with Crippen molar-refractivity contribution in [2.24, 2.45) is 0 Å². The topological polar surface area (TPSA) is 43.4 Å². The predicted octanol–water partition coefficient (Wildman–Crippen LogP) is 4.41. The Morgan fingerprint density at radius 1 is 0.800 bits per heavy atom. The minimum atomic E-state index is -0.621. The first-order chi connectivity index (χ1) is 12.1. The van der Waals surface area contributed by atoms with Crippen LogP contribution >= 0.6 is 0 Å². The van der Waals surface area contributed by atoms with E-state index in [0.29, 0.717) is 11.1 Å². The van der Waals surface area contributed by atoms with Gasteiger partial charge >= 0.3 is 5.97 Å². The summed E-state index contributed by atoms with van der Waals surface area (Å²) in [5.41, 5.74) is 1.50. The van der Waals surface area contributed by atoms with Gasteiger partial charge in [-0.25, -0.2) is 9.18 Å². The molecule has 0 bridgehead atoms. The standard InChI is InChI=1S/C21H15FO3/c22-17-10-6-7-15(13-17)14-25-21(24)19-12-5-4-11-18(19)20(23)16-8-2-1-3-9-16/h1-13H,14H2. The summed E-state index contributed by atoms with van der Waals surface area (Å²) in [6.45, 7) is -0.0650. The number of benzene rings is 3. The van der Waals surface area contributed by atoms with E-state index in [1.54, 1.807) is 60.7 Å². The van der Waals surface area contributed by atoms with Crippen LogP contribution in [0.5, 0.6) is 0 Å². The lowest BCUT2D eigenvalue weighted by molar-refractivity contribution is 0.0469. The fraction of sp³-hybridized carbons (Fsp3) is 0.0476. The van der Waals surface area contributed by atoms with Gasteiger partial charge in [0.15, 0.2) is 5.78 Å². The van der Waals surface area contributed by atoms with Gasteiger partial charge in [0.25, 0.3) is 0 Å². The second kappa shape index (κ2) is 7.53. The minimum absolute atomic E-state index is 0.0650. The number of rotatable bonds is 5. The molecule has 0 aliphatic rings. The molecule has 0 saturated heterocycles. The van der Waals surface area contributed by atoms with E-state index in [1.807, 2.05) is 6.07 Å². The Hall–Kier alpha value is -3.27. The lowest BCUT2D eigenvalue weighted by atomic mass is 9.98. The molecule has 0 heterocycles. The van der Waals surface area contributed by atoms with Gasteiger partial charge in [0, 0.05) is 11.1 Å². The lowest BCUT2D eigenvalue weighted by Crippen LogP contribution is -2.12. The van der Waals surface area contributed by atoms with Gasteiger partial charge in [-0.2, -0.15) is 0 Å². The van der Waals surface area contributed by atoms with E-state index in [4.69, 9.17) is 4.74 Å². The number of carbonyl (C=O) groups is 2. The highest BCUT2D eigenvalue weighted by molar-refractivity contribution is 6.14. The maximum atomic E-state index is 13.2. The van der Waals surface area contributed by atoms with E-state index in [1.165, 1.54) is 12.1 Å². The Labute approximate surface area is 144 Å². The maximum Gasteiger partial charge on any atom is 0.339 e. The summed E-state index contributed by atoms with van der Waals surface area (Å²) in [7, 11) is 0. The summed E-state index contributed by atoms with van der Waals surface area (Å²) >= 11 is 0. The third kappa shape index (κ3) is 3.98. The van der Waals surface area contributed by atoms with Crippen molar-refractivity contribution in [1.82, 2.24) is 0 Å². The van der Waals surface area contributed by atoms with Crippen molar-refractivity contribution in [2.75, 3.05) is 0 Å². The lowest BCUT2D eigenvalue weighted by Gasteiger charge is -2.09. The average Bonchev–Trinajstić information content (AvgIpc) is 2.66. The van der Waals surface area contributed by atoms with Gasteiger partial charge in [0.05, 0.1) is 5.56 Å². The van der Waals surface area contributed by atoms with Crippen LogP contribution < -0.4 is 0 Å². The first-order valence-corrected chi connectivity index (χ1v) is 7.75. The highest BCUT2D eigenvalue weighted by atomic mass is 19.1. The molecule has 0 spiro atoms. The molecule has 3 aromatic rings. The smallest absolute Gasteiger partial charge is 0.339 e. The Kier molecular flexibility index (Phi) is 5.00. The second-order valence-corrected chi connectivity index (χ2v) is 5.45. The predicted molar refractivity (Wildman–Crippen MR) is 91.8 cm³/mol. The number of ether oxygens (including phenoxy) is 1. The third-order valence-electron chi connectivity index (χ3n) is 3.69. The van der Waals surface area contributed by atoms with Crippen LogP contribution in [0.25, 0.3) is 0 Å². The summed E-state index contributed by atoms with van der Waals surface area (Å²) in [5.74, 6) is -1.27. The summed E-state index contributed by atoms with van der Waals surface area (Å²) in [6.07, 6.45) is 0. The maximum absolute atomic E-state index is 13.2. The van der Waals surface area contributed by atoms with Crippen molar-refractivity contribution in [3.8, 4) is 0 Å². The van der Waals surface area contributed by atoms with Crippen molar-refractivity contribution in [3.05, 3.63) is 107 Å². The zero-order valence-electron chi connectivity index (χ0n) is 13.3. The van der Waals surface area contributed by atoms with Gasteiger partial charge in [-0.05, 0) is 23.8 Å². The van der Waals surface area contributed by atoms with Crippen LogP contribution in [0.15, 0.2) is 78.9 Å². The molecule has 0 amide bonds. The Bertz CT molecular complexity index is 904. The molecule has 25 heavy (non-hydrogen) atoms. The molecule has 0 unspecified atom stereocenters. The number of ketones is 1. The summed E-state index contributed by atoms with van der Waals surface area (Å²) in [4.78, 5) is 25.0. The fourth-order valence-electron chi connectivity index (χ4n) is 2.46. The Morgan fingerprint density at radius 2 is 1.48 bits per heavy atom. The van der Waals surface area contributed by atoms with Gasteiger partial charge in [0.1, 0.15) is 12.4 Å². The van der Waals surface area contributed by atoms with Crippen molar-refractivity contribution in [1.29, 1.82) is 0 Å². The van der Waals surface area contributed by atoms with Crippen molar-refractivity contribution in [2.45, 2.75) is 6.61 Å². The summed E-state index contributed by atoms with van der Waals surface area (Å²) < 4.78 is 18.4. The summed E-state index contributed by atoms with van der Waals surface area (Å²) in [5, 5.41) is 0. The highest BCUT2D eigenvalue weighted by Gasteiger charge is 2.19. The van der Waals surface area contributed by atoms with Crippen LogP contribution in [0, 0.1) is 5.82 Å². The molecule has 0 atom stereocenters. The molecule has 3 rings (SSSR count). The van der Waals surface area contributed by atoms with Gasteiger partial charge < -0.3 is 4.74 Å². The average molecular weight is 334 g/mol. The molecule has 0 aliphatic carbocycles. The third-order valence-corrected chi connectivity index (χ3v) is 3.69. The van der Waals surface area contributed by atoms with E-state index in [-0.39, 0.29) is 23.5 Å². The van der Waals surface area contributed by atoms with Crippen LogP contribution in [0.4, 0.5) is 4.39 Å². The van der Waals surface area contributed by atoms with Crippen LogP contribution in [0.2, 0.25) is 0 Å². The van der Waals surface area contributed by atoms with E-state index in [9.17, 15) is 14.0 Å². The normalized spacial score (nSPS) is 10.3. The van der Waals surface area contributed by atoms with Gasteiger partial charge in [-0.3, -0.25) is 4.79 Å². The summed E-state index contributed by atoms with van der Waals surface area (Å²) in [6, 6.07) is 21.1. The molecule has 0 fully saturated rings. The van der Waals surface area contributed by atoms with Crippen molar-refractivity contribution >= 4 is 11.8 Å². The van der Waals surface area contributed by atoms with Crippen molar-refractivity contribution in [3.63, 3.8) is 0 Å². The molecular weight excluding hydrogens is 319 g/mol. The van der Waals surface area contributed by atoms with E-state index >= 15 is 0 Å². The number of hydrogen-bond donors (Lipinski definition) is 0. The zero-order chi connectivity index (χ0) is 17.6. The van der Waals surface area contributed by atoms with Crippen LogP contribution in [0.3, 0.4) is 0 Å². The highest BCUT2D eigenvalue weighted by Crippen LogP contribution is 2.16. The minimum Gasteiger partial charge on any atom is -0.457 e. The van der Waals surface area contributed by atoms with E-state index < -0.39 is 11.8 Å². The molecule has 3 aromatic carbocycles. The van der Waals surface area contributed by atoms with Gasteiger partial charge in [0.2, 0.25) is 0 Å². The van der Waals surface area contributed by atoms with Crippen LogP contribution in [-0.4, -0.2) is 11.8 Å². The molecule has 0 aliphatic heterocycles. The Balaban J connectivity index is 1.80. The zero-order valence-corrected chi connectivity index (χ0v) is 13.3. The van der Waals surface area contributed by atoms with E-state index in [2.05, 4.69) is 0 Å². The monoisotopic (exact) mass is 334 g/mol. The first kappa shape index (κ1) is 16.6. The van der Waals surface area contributed by atoms with Crippen LogP contribution in [-0.2, 0) is 11.3 Å². The molecule has 0 saturated carbocycles. The van der Waals surface area contributed by atoms with Gasteiger partial charge in [-0.1, -0.05) is 60.7 Å².